The molecule has 8 heteroatoms. The molecular formula is C22H18N2O4S2. The lowest BCUT2D eigenvalue weighted by atomic mass is 9.97. The summed E-state index contributed by atoms with van der Waals surface area (Å²) in [5.41, 5.74) is 1.71. The van der Waals surface area contributed by atoms with Gasteiger partial charge in [-0.15, -0.1) is 11.3 Å². The minimum absolute atomic E-state index is 0.0900. The van der Waals surface area contributed by atoms with E-state index in [4.69, 9.17) is 4.18 Å². The van der Waals surface area contributed by atoms with Crippen molar-refractivity contribution in [3.8, 4) is 17.1 Å². The van der Waals surface area contributed by atoms with Crippen LogP contribution in [0.2, 0.25) is 0 Å². The quantitative estimate of drug-likeness (QED) is 0.480. The molecule has 2 heterocycles. The molecule has 2 aromatic carbocycles. The topological polar surface area (TPSA) is 89.1 Å². The summed E-state index contributed by atoms with van der Waals surface area (Å²) in [5.74, 6) is 0.654. The SMILES string of the molecule is O=c1[nH]c(-c2ccc(OS(=O)(=O)c3ccccc3)cc2)nc2sc3c(c12)CCCC3. The molecule has 2 aromatic heterocycles. The van der Waals surface area contributed by atoms with Crippen molar-refractivity contribution < 1.29 is 12.6 Å². The lowest BCUT2D eigenvalue weighted by Gasteiger charge is -2.09. The van der Waals surface area contributed by atoms with Gasteiger partial charge < -0.3 is 9.17 Å². The molecule has 4 aromatic rings. The van der Waals surface area contributed by atoms with E-state index in [1.807, 2.05) is 0 Å². The molecule has 1 aliphatic carbocycles. The van der Waals surface area contributed by atoms with Crippen LogP contribution in [0.3, 0.4) is 0 Å². The first-order valence-corrected chi connectivity index (χ1v) is 11.9. The highest BCUT2D eigenvalue weighted by Gasteiger charge is 2.20. The van der Waals surface area contributed by atoms with Gasteiger partial charge in [0.15, 0.2) is 0 Å². The zero-order valence-corrected chi connectivity index (χ0v) is 17.6. The number of thiophene rings is 1. The second-order valence-corrected chi connectivity index (χ2v) is 9.81. The van der Waals surface area contributed by atoms with Crippen molar-refractivity contribution in [2.75, 3.05) is 0 Å². The molecule has 0 atom stereocenters. The first kappa shape index (κ1) is 19.0. The van der Waals surface area contributed by atoms with Gasteiger partial charge in [0, 0.05) is 10.4 Å². The zero-order chi connectivity index (χ0) is 20.7. The number of hydrogen-bond donors (Lipinski definition) is 1. The Morgan fingerprint density at radius 3 is 2.47 bits per heavy atom. The summed E-state index contributed by atoms with van der Waals surface area (Å²) in [5, 5.41) is 0.715. The summed E-state index contributed by atoms with van der Waals surface area (Å²) in [6, 6.07) is 14.5. The van der Waals surface area contributed by atoms with E-state index in [9.17, 15) is 13.2 Å². The maximum atomic E-state index is 12.7. The van der Waals surface area contributed by atoms with Gasteiger partial charge in [0.1, 0.15) is 21.3 Å². The molecule has 0 amide bonds. The molecule has 0 saturated heterocycles. The van der Waals surface area contributed by atoms with E-state index in [1.165, 1.54) is 17.0 Å². The molecule has 0 fully saturated rings. The Kier molecular flexibility index (Phi) is 4.67. The van der Waals surface area contributed by atoms with Gasteiger partial charge in [0.05, 0.1) is 5.39 Å². The number of aromatic nitrogens is 2. The normalized spacial score (nSPS) is 13.9. The number of nitrogens with one attached hydrogen (secondary N) is 1. The van der Waals surface area contributed by atoms with Crippen molar-refractivity contribution in [1.82, 2.24) is 9.97 Å². The van der Waals surface area contributed by atoms with E-state index < -0.39 is 10.1 Å². The number of rotatable bonds is 4. The van der Waals surface area contributed by atoms with Crippen LogP contribution >= 0.6 is 11.3 Å². The maximum Gasteiger partial charge on any atom is 0.339 e. The number of aryl methyl sites for hydroxylation is 2. The second-order valence-electron chi connectivity index (χ2n) is 7.18. The lowest BCUT2D eigenvalue weighted by Crippen LogP contribution is -2.11. The second kappa shape index (κ2) is 7.37. The van der Waals surface area contributed by atoms with E-state index in [-0.39, 0.29) is 16.2 Å². The Labute approximate surface area is 177 Å². The van der Waals surface area contributed by atoms with Crippen LogP contribution in [0.1, 0.15) is 23.3 Å². The van der Waals surface area contributed by atoms with Crippen LogP contribution in [0.25, 0.3) is 21.6 Å². The number of hydrogen-bond acceptors (Lipinski definition) is 6. The molecule has 1 aliphatic rings. The summed E-state index contributed by atoms with van der Waals surface area (Å²) in [4.78, 5) is 22.4. The minimum atomic E-state index is -3.90. The van der Waals surface area contributed by atoms with E-state index in [1.54, 1.807) is 53.8 Å². The average Bonchev–Trinajstić information content (AvgIpc) is 3.13. The van der Waals surface area contributed by atoms with Crippen LogP contribution in [-0.2, 0) is 23.0 Å². The standard InChI is InChI=1S/C22H18N2O4S2/c25-21-19-17-8-4-5-9-18(17)29-22(19)24-20(23-21)14-10-12-15(13-11-14)28-30(26,27)16-6-2-1-3-7-16/h1-3,6-7,10-13H,4-5,8-9H2,(H,23,24,25). The number of H-pyrrole nitrogens is 1. The van der Waals surface area contributed by atoms with Crippen LogP contribution in [-0.4, -0.2) is 18.4 Å². The number of benzene rings is 2. The summed E-state index contributed by atoms with van der Waals surface area (Å²) in [6.07, 6.45) is 4.19. The molecule has 152 valence electrons. The molecule has 0 aliphatic heterocycles. The van der Waals surface area contributed by atoms with Gasteiger partial charge >= 0.3 is 10.1 Å². The van der Waals surface area contributed by atoms with Crippen LogP contribution in [0, 0.1) is 0 Å². The third-order valence-corrected chi connectivity index (χ3v) is 7.64. The smallest absolute Gasteiger partial charge is 0.339 e. The van der Waals surface area contributed by atoms with Gasteiger partial charge in [-0.25, -0.2) is 4.98 Å². The first-order valence-electron chi connectivity index (χ1n) is 9.66. The molecule has 0 saturated carbocycles. The van der Waals surface area contributed by atoms with Gasteiger partial charge in [-0.1, -0.05) is 18.2 Å². The molecule has 0 radical (unpaired) electrons. The summed E-state index contributed by atoms with van der Waals surface area (Å²) in [7, 11) is -3.90. The zero-order valence-electron chi connectivity index (χ0n) is 15.9. The molecule has 0 bridgehead atoms. The fraction of sp³-hybridized carbons (Fsp3) is 0.182. The summed E-state index contributed by atoms with van der Waals surface area (Å²) >= 11 is 1.60. The predicted octanol–water partition coefficient (Wildman–Crippen LogP) is 4.30. The predicted molar refractivity (Wildman–Crippen MR) is 117 cm³/mol. The van der Waals surface area contributed by atoms with Crippen molar-refractivity contribution in [2.45, 2.75) is 30.6 Å². The summed E-state index contributed by atoms with van der Waals surface area (Å²) < 4.78 is 29.9. The van der Waals surface area contributed by atoms with Crippen molar-refractivity contribution >= 4 is 31.7 Å². The lowest BCUT2D eigenvalue weighted by molar-refractivity contribution is 0.486. The van der Waals surface area contributed by atoms with Crippen molar-refractivity contribution in [1.29, 1.82) is 0 Å². The highest BCUT2D eigenvalue weighted by atomic mass is 32.2. The van der Waals surface area contributed by atoms with E-state index in [2.05, 4.69) is 9.97 Å². The number of aromatic amines is 1. The fourth-order valence-corrected chi connectivity index (χ4v) is 5.94. The monoisotopic (exact) mass is 438 g/mol. The molecule has 6 nitrogen and oxygen atoms in total. The van der Waals surface area contributed by atoms with E-state index >= 15 is 0 Å². The molecule has 5 rings (SSSR count). The first-order chi connectivity index (χ1) is 14.5. The number of fused-ring (bicyclic) bond motifs is 3. The van der Waals surface area contributed by atoms with Crippen LogP contribution in [0.15, 0.2) is 64.3 Å². The molecule has 30 heavy (non-hydrogen) atoms. The van der Waals surface area contributed by atoms with Gasteiger partial charge in [-0.2, -0.15) is 8.42 Å². The average molecular weight is 439 g/mol. The van der Waals surface area contributed by atoms with Gasteiger partial charge in [0.2, 0.25) is 0 Å². The third kappa shape index (κ3) is 3.42. The van der Waals surface area contributed by atoms with E-state index in [0.29, 0.717) is 16.8 Å². The van der Waals surface area contributed by atoms with Crippen molar-refractivity contribution in [2.24, 2.45) is 0 Å². The molecule has 0 unspecified atom stereocenters. The van der Waals surface area contributed by atoms with Gasteiger partial charge in [-0.3, -0.25) is 4.79 Å². The fourth-order valence-electron chi connectivity index (χ4n) is 3.73. The van der Waals surface area contributed by atoms with Crippen molar-refractivity contribution in [3.05, 3.63) is 75.4 Å². The maximum absolute atomic E-state index is 12.7. The largest absolute Gasteiger partial charge is 0.379 e. The van der Waals surface area contributed by atoms with Crippen LogP contribution in [0.4, 0.5) is 0 Å². The van der Waals surface area contributed by atoms with Gasteiger partial charge in [0.25, 0.3) is 5.56 Å². The molecule has 0 spiro atoms. The Morgan fingerprint density at radius 2 is 1.70 bits per heavy atom. The van der Waals surface area contributed by atoms with E-state index in [0.717, 1.165) is 36.1 Å². The Bertz CT molecular complexity index is 1390. The van der Waals surface area contributed by atoms with Gasteiger partial charge in [-0.05, 0) is 67.6 Å². The Hall–Kier alpha value is -2.97. The minimum Gasteiger partial charge on any atom is -0.379 e. The van der Waals surface area contributed by atoms with Crippen LogP contribution < -0.4 is 9.74 Å². The Morgan fingerprint density at radius 1 is 0.967 bits per heavy atom. The summed E-state index contributed by atoms with van der Waals surface area (Å²) in [6.45, 7) is 0. The molecular weight excluding hydrogens is 420 g/mol. The molecule has 1 N–H and O–H groups in total. The van der Waals surface area contributed by atoms with Crippen molar-refractivity contribution in [3.63, 3.8) is 0 Å². The highest BCUT2D eigenvalue weighted by Crippen LogP contribution is 2.34. The number of nitrogens with zero attached hydrogens (tertiary/aromatic N) is 1. The highest BCUT2D eigenvalue weighted by molar-refractivity contribution is 7.87. The Balaban J connectivity index is 1.46. The van der Waals surface area contributed by atoms with Crippen LogP contribution in [0.5, 0.6) is 5.75 Å². The third-order valence-electron chi connectivity index (χ3n) is 5.19.